The summed E-state index contributed by atoms with van der Waals surface area (Å²) in [6, 6.07) is 6.14. The summed E-state index contributed by atoms with van der Waals surface area (Å²) in [7, 11) is 0. The highest BCUT2D eigenvalue weighted by atomic mass is 35.6. The van der Waals surface area contributed by atoms with Crippen molar-refractivity contribution in [2.75, 3.05) is 6.61 Å². The summed E-state index contributed by atoms with van der Waals surface area (Å²) in [5, 5.41) is 0. The molecule has 0 saturated carbocycles. The molecule has 1 saturated heterocycles. The van der Waals surface area contributed by atoms with Gasteiger partial charge in [0.15, 0.2) is 0 Å². The number of ether oxygens (including phenoxy) is 2. The minimum atomic E-state index is -1.80. The Balaban J connectivity index is 1.77. The number of alkyl halides is 3. The monoisotopic (exact) mass is 387 g/mol. The molecule has 1 fully saturated rings. The van der Waals surface area contributed by atoms with Crippen LogP contribution in [-0.4, -0.2) is 39.4 Å². The summed E-state index contributed by atoms with van der Waals surface area (Å²) in [6.07, 6.45) is 1.55. The van der Waals surface area contributed by atoms with Crippen molar-refractivity contribution in [3.63, 3.8) is 0 Å². The summed E-state index contributed by atoms with van der Waals surface area (Å²) < 4.78 is 9.34. The van der Waals surface area contributed by atoms with Crippen molar-refractivity contribution in [2.45, 2.75) is 22.5 Å². The molecule has 3 aliphatic rings. The fourth-order valence-corrected chi connectivity index (χ4v) is 3.70. The van der Waals surface area contributed by atoms with Crippen LogP contribution in [0.5, 0.6) is 0 Å². The molecule has 1 aromatic carbocycles. The lowest BCUT2D eigenvalue weighted by Crippen LogP contribution is -2.49. The van der Waals surface area contributed by atoms with Gasteiger partial charge in [-0.15, -0.1) is 0 Å². The molecule has 0 radical (unpaired) electrons. The van der Waals surface area contributed by atoms with Gasteiger partial charge < -0.3 is 9.47 Å². The SMILES string of the molecule is O=C1c2ccccc2C(=O)N1[C@@H]1C=C(C(Cl)(Cl)Cl)O[C@H]2OCC[C@H]21. The van der Waals surface area contributed by atoms with Gasteiger partial charge in [0.1, 0.15) is 5.76 Å². The van der Waals surface area contributed by atoms with Gasteiger partial charge in [-0.05, 0) is 24.6 Å². The number of amides is 2. The van der Waals surface area contributed by atoms with Crippen LogP contribution in [-0.2, 0) is 9.47 Å². The number of carbonyl (C=O) groups excluding carboxylic acids is 2. The van der Waals surface area contributed by atoms with Crippen LogP contribution < -0.4 is 0 Å². The lowest BCUT2D eigenvalue weighted by atomic mass is 9.93. The molecule has 2 amide bonds. The van der Waals surface area contributed by atoms with Gasteiger partial charge in [-0.2, -0.15) is 0 Å². The zero-order valence-electron chi connectivity index (χ0n) is 12.2. The van der Waals surface area contributed by atoms with Gasteiger partial charge in [-0.25, -0.2) is 0 Å². The number of rotatable bonds is 1. The number of benzene rings is 1. The van der Waals surface area contributed by atoms with Crippen LogP contribution in [0, 0.1) is 5.92 Å². The van der Waals surface area contributed by atoms with Crippen LogP contribution in [0.25, 0.3) is 0 Å². The molecule has 0 aliphatic carbocycles. The maximum atomic E-state index is 12.7. The first-order valence-corrected chi connectivity index (χ1v) is 8.55. The summed E-state index contributed by atoms with van der Waals surface area (Å²) >= 11 is 17.8. The number of nitrogens with zero attached hydrogens (tertiary/aromatic N) is 1. The number of imide groups is 1. The largest absolute Gasteiger partial charge is 0.465 e. The fraction of sp³-hybridized carbons (Fsp3) is 0.375. The number of allylic oxidation sites excluding steroid dienone is 1. The standard InChI is InChI=1S/C16H12Cl3NO4/c17-16(18,19)12-7-11(10-5-6-23-15(10)24-12)20-13(21)8-3-1-2-4-9(8)14(20)22/h1-4,7,10-11,15H,5-6H2/t10-,11+,15+/m0/s1. The molecule has 0 N–H and O–H groups in total. The van der Waals surface area contributed by atoms with Crippen LogP contribution in [0.1, 0.15) is 27.1 Å². The van der Waals surface area contributed by atoms with E-state index in [-0.39, 0.29) is 23.5 Å². The van der Waals surface area contributed by atoms with Gasteiger partial charge in [0, 0.05) is 5.92 Å². The predicted octanol–water partition coefficient (Wildman–Crippen LogP) is 3.30. The van der Waals surface area contributed by atoms with Crippen molar-refractivity contribution in [3.8, 4) is 0 Å². The minimum absolute atomic E-state index is 0.0669. The van der Waals surface area contributed by atoms with E-state index in [4.69, 9.17) is 44.3 Å². The molecule has 3 aliphatic heterocycles. The highest BCUT2D eigenvalue weighted by Crippen LogP contribution is 2.44. The van der Waals surface area contributed by atoms with E-state index in [2.05, 4.69) is 0 Å². The van der Waals surface area contributed by atoms with Gasteiger partial charge in [0.25, 0.3) is 11.8 Å². The zero-order chi connectivity index (χ0) is 17.1. The number of halogens is 3. The van der Waals surface area contributed by atoms with Crippen molar-refractivity contribution in [3.05, 3.63) is 47.2 Å². The molecule has 3 heterocycles. The zero-order valence-corrected chi connectivity index (χ0v) is 14.5. The molecule has 5 nitrogen and oxygen atoms in total. The molecule has 4 rings (SSSR count). The summed E-state index contributed by atoms with van der Waals surface area (Å²) in [4.78, 5) is 26.7. The highest BCUT2D eigenvalue weighted by molar-refractivity contribution is 6.69. The van der Waals surface area contributed by atoms with Gasteiger partial charge in [0.05, 0.1) is 23.8 Å². The molecule has 3 atom stereocenters. The van der Waals surface area contributed by atoms with E-state index in [1.807, 2.05) is 0 Å². The molecular weight excluding hydrogens is 377 g/mol. The third-order valence-electron chi connectivity index (χ3n) is 4.49. The Morgan fingerprint density at radius 1 is 1.08 bits per heavy atom. The molecule has 0 bridgehead atoms. The van der Waals surface area contributed by atoms with E-state index in [1.54, 1.807) is 30.3 Å². The minimum Gasteiger partial charge on any atom is -0.465 e. The Morgan fingerprint density at radius 3 is 2.29 bits per heavy atom. The van der Waals surface area contributed by atoms with Crippen LogP contribution in [0.3, 0.4) is 0 Å². The third kappa shape index (κ3) is 2.42. The summed E-state index contributed by atoms with van der Waals surface area (Å²) in [6.45, 7) is 0.454. The topological polar surface area (TPSA) is 55.8 Å². The predicted molar refractivity (Wildman–Crippen MR) is 88.0 cm³/mol. The second kappa shape index (κ2) is 5.63. The maximum absolute atomic E-state index is 12.7. The second-order valence-corrected chi connectivity index (χ2v) is 8.14. The van der Waals surface area contributed by atoms with Gasteiger partial charge in [0.2, 0.25) is 10.1 Å². The van der Waals surface area contributed by atoms with Gasteiger partial charge in [-0.3, -0.25) is 14.5 Å². The van der Waals surface area contributed by atoms with E-state index < -0.39 is 16.1 Å². The lowest BCUT2D eigenvalue weighted by Gasteiger charge is -2.37. The van der Waals surface area contributed by atoms with Crippen LogP contribution >= 0.6 is 34.8 Å². The average molecular weight is 389 g/mol. The van der Waals surface area contributed by atoms with Gasteiger partial charge in [-0.1, -0.05) is 46.9 Å². The molecule has 24 heavy (non-hydrogen) atoms. The highest BCUT2D eigenvalue weighted by Gasteiger charge is 2.50. The Bertz CT molecular complexity index is 723. The first kappa shape index (κ1) is 16.2. The number of hydrogen-bond donors (Lipinski definition) is 0. The molecular formula is C16H12Cl3NO4. The van der Waals surface area contributed by atoms with Crippen molar-refractivity contribution >= 4 is 46.6 Å². The molecule has 0 unspecified atom stereocenters. The normalized spacial score (nSPS) is 29.2. The third-order valence-corrected chi connectivity index (χ3v) is 5.05. The van der Waals surface area contributed by atoms with E-state index in [0.29, 0.717) is 24.2 Å². The first-order valence-electron chi connectivity index (χ1n) is 7.42. The Kier molecular flexibility index (Phi) is 3.80. The Morgan fingerprint density at radius 2 is 1.71 bits per heavy atom. The average Bonchev–Trinajstić information content (AvgIpc) is 3.10. The van der Waals surface area contributed by atoms with E-state index in [1.165, 1.54) is 4.90 Å². The van der Waals surface area contributed by atoms with E-state index in [9.17, 15) is 9.59 Å². The van der Waals surface area contributed by atoms with E-state index >= 15 is 0 Å². The Labute approximate surface area is 153 Å². The quantitative estimate of drug-likeness (QED) is 0.547. The van der Waals surface area contributed by atoms with Crippen molar-refractivity contribution in [2.24, 2.45) is 5.92 Å². The molecule has 1 aromatic rings. The first-order chi connectivity index (χ1) is 11.4. The van der Waals surface area contributed by atoms with Crippen molar-refractivity contribution < 1.29 is 19.1 Å². The molecule has 0 spiro atoms. The van der Waals surface area contributed by atoms with Crippen LogP contribution in [0.4, 0.5) is 0 Å². The summed E-state index contributed by atoms with van der Waals surface area (Å²) in [5.74, 6) is -0.832. The lowest BCUT2D eigenvalue weighted by molar-refractivity contribution is -0.119. The van der Waals surface area contributed by atoms with E-state index in [0.717, 1.165) is 0 Å². The molecule has 126 valence electrons. The Hall–Kier alpha value is -1.27. The van der Waals surface area contributed by atoms with Crippen molar-refractivity contribution in [1.29, 1.82) is 0 Å². The fourth-order valence-electron chi connectivity index (χ4n) is 3.38. The number of hydrogen-bond acceptors (Lipinski definition) is 4. The number of carbonyl (C=O) groups is 2. The molecule has 0 aromatic heterocycles. The summed E-state index contributed by atoms with van der Waals surface area (Å²) in [5.41, 5.74) is 0.765. The second-order valence-electron chi connectivity index (χ2n) is 5.85. The van der Waals surface area contributed by atoms with Gasteiger partial charge >= 0.3 is 0 Å². The maximum Gasteiger partial charge on any atom is 0.262 e. The van der Waals surface area contributed by atoms with Crippen molar-refractivity contribution in [1.82, 2.24) is 4.90 Å². The molecule has 8 heteroatoms. The van der Waals surface area contributed by atoms with Crippen LogP contribution in [0.2, 0.25) is 0 Å². The smallest absolute Gasteiger partial charge is 0.262 e. The van der Waals surface area contributed by atoms with Crippen LogP contribution in [0.15, 0.2) is 36.1 Å². The number of fused-ring (bicyclic) bond motifs is 2.